The molecule has 1 N–H and O–H groups in total. The largest absolute Gasteiger partial charge is 0.497 e. The summed E-state index contributed by atoms with van der Waals surface area (Å²) >= 11 is 1.55. The number of nitrogens with one attached hydrogen (secondary N) is 1. The zero-order valence-electron chi connectivity index (χ0n) is 14.3. The van der Waals surface area contributed by atoms with Crippen LogP contribution in [-0.4, -0.2) is 50.2 Å². The van der Waals surface area contributed by atoms with Crippen LogP contribution in [0.1, 0.15) is 23.3 Å². The van der Waals surface area contributed by atoms with Gasteiger partial charge in [-0.2, -0.15) is 0 Å². The Labute approximate surface area is 151 Å². The van der Waals surface area contributed by atoms with Gasteiger partial charge in [0.05, 0.1) is 7.11 Å². The van der Waals surface area contributed by atoms with Gasteiger partial charge in [0.2, 0.25) is 0 Å². The number of hydrogen-bond acceptors (Lipinski definition) is 6. The highest BCUT2D eigenvalue weighted by atomic mass is 32.1. The van der Waals surface area contributed by atoms with E-state index in [-0.39, 0.29) is 5.91 Å². The second-order valence-electron chi connectivity index (χ2n) is 6.44. The van der Waals surface area contributed by atoms with E-state index < -0.39 is 0 Å². The van der Waals surface area contributed by atoms with Crippen LogP contribution in [0.4, 0.5) is 10.8 Å². The highest BCUT2D eigenvalue weighted by molar-refractivity contribution is 7.13. The Hall–Kier alpha value is -2.28. The van der Waals surface area contributed by atoms with Crippen molar-refractivity contribution >= 4 is 28.1 Å². The van der Waals surface area contributed by atoms with Crippen molar-refractivity contribution in [3.8, 4) is 5.75 Å². The normalized spacial score (nSPS) is 17.5. The molecule has 2 aromatic rings. The van der Waals surface area contributed by atoms with Crippen LogP contribution in [0.3, 0.4) is 0 Å². The number of methoxy groups -OCH3 is 1. The minimum absolute atomic E-state index is 0.0417. The summed E-state index contributed by atoms with van der Waals surface area (Å²) in [4.78, 5) is 21.2. The fourth-order valence-electron chi connectivity index (χ4n) is 2.96. The molecule has 4 rings (SSSR count). The quantitative estimate of drug-likeness (QED) is 0.889. The molecule has 2 fully saturated rings. The van der Waals surface area contributed by atoms with Crippen molar-refractivity contribution in [1.29, 1.82) is 0 Å². The Balaban J connectivity index is 1.36. The number of nitrogens with zero attached hydrogens (tertiary/aromatic N) is 3. The van der Waals surface area contributed by atoms with Gasteiger partial charge in [0.15, 0.2) is 5.13 Å². The molecule has 0 spiro atoms. The molecule has 1 aromatic heterocycles. The molecule has 0 radical (unpaired) electrons. The van der Waals surface area contributed by atoms with E-state index in [1.165, 1.54) is 5.69 Å². The van der Waals surface area contributed by atoms with Gasteiger partial charge in [-0.3, -0.25) is 4.79 Å². The van der Waals surface area contributed by atoms with Gasteiger partial charge < -0.3 is 19.9 Å². The van der Waals surface area contributed by atoms with Crippen molar-refractivity contribution in [3.05, 3.63) is 35.3 Å². The van der Waals surface area contributed by atoms with Crippen molar-refractivity contribution in [2.45, 2.75) is 18.9 Å². The molecule has 7 heteroatoms. The highest BCUT2D eigenvalue weighted by Crippen LogP contribution is 2.26. The maximum atomic E-state index is 12.1. The number of rotatable bonds is 5. The number of amides is 1. The van der Waals surface area contributed by atoms with Crippen molar-refractivity contribution in [2.75, 3.05) is 43.1 Å². The third-order valence-electron chi connectivity index (χ3n) is 4.61. The van der Waals surface area contributed by atoms with Crippen LogP contribution < -0.4 is 19.9 Å². The number of ether oxygens (including phenoxy) is 1. The van der Waals surface area contributed by atoms with Crippen LogP contribution in [0.2, 0.25) is 0 Å². The fraction of sp³-hybridized carbons (Fsp3) is 0.444. The SMILES string of the molecule is COc1cccc(N2CCN(c3nc(C(=O)NC4CC4)cs3)CC2)c1. The monoisotopic (exact) mass is 358 g/mol. The van der Waals surface area contributed by atoms with E-state index in [0.717, 1.165) is 49.9 Å². The summed E-state index contributed by atoms with van der Waals surface area (Å²) in [7, 11) is 1.69. The van der Waals surface area contributed by atoms with Gasteiger partial charge in [0, 0.05) is 49.4 Å². The zero-order chi connectivity index (χ0) is 17.2. The molecule has 1 saturated heterocycles. The summed E-state index contributed by atoms with van der Waals surface area (Å²) < 4.78 is 5.31. The Morgan fingerprint density at radius 3 is 2.72 bits per heavy atom. The predicted molar refractivity (Wildman–Crippen MR) is 100 cm³/mol. The van der Waals surface area contributed by atoms with Gasteiger partial charge in [-0.25, -0.2) is 4.98 Å². The summed E-state index contributed by atoms with van der Waals surface area (Å²) in [6, 6.07) is 8.53. The molecule has 1 aromatic carbocycles. The van der Waals surface area contributed by atoms with E-state index in [2.05, 4.69) is 32.2 Å². The van der Waals surface area contributed by atoms with Gasteiger partial charge in [-0.15, -0.1) is 11.3 Å². The first kappa shape index (κ1) is 16.2. The van der Waals surface area contributed by atoms with E-state index >= 15 is 0 Å². The maximum Gasteiger partial charge on any atom is 0.271 e. The zero-order valence-corrected chi connectivity index (χ0v) is 15.1. The number of benzene rings is 1. The minimum atomic E-state index is -0.0417. The smallest absolute Gasteiger partial charge is 0.271 e. The van der Waals surface area contributed by atoms with E-state index in [9.17, 15) is 4.79 Å². The van der Waals surface area contributed by atoms with Crippen LogP contribution in [0.5, 0.6) is 5.75 Å². The van der Waals surface area contributed by atoms with Crippen LogP contribution in [-0.2, 0) is 0 Å². The Morgan fingerprint density at radius 2 is 2.00 bits per heavy atom. The first-order valence-corrected chi connectivity index (χ1v) is 9.51. The molecular formula is C18H22N4O2S. The number of hydrogen-bond donors (Lipinski definition) is 1. The molecule has 1 aliphatic carbocycles. The molecule has 0 bridgehead atoms. The molecule has 6 nitrogen and oxygen atoms in total. The Kier molecular flexibility index (Phi) is 4.48. The van der Waals surface area contributed by atoms with Gasteiger partial charge in [0.25, 0.3) is 5.91 Å². The average molecular weight is 358 g/mol. The highest BCUT2D eigenvalue weighted by Gasteiger charge is 2.26. The topological polar surface area (TPSA) is 57.7 Å². The molecule has 0 atom stereocenters. The van der Waals surface area contributed by atoms with Gasteiger partial charge in [0.1, 0.15) is 11.4 Å². The van der Waals surface area contributed by atoms with Gasteiger partial charge in [-0.05, 0) is 25.0 Å². The summed E-state index contributed by atoms with van der Waals surface area (Å²) in [5.41, 5.74) is 1.73. The predicted octanol–water partition coefficient (Wildman–Crippen LogP) is 2.37. The summed E-state index contributed by atoms with van der Waals surface area (Å²) in [5.74, 6) is 0.839. The number of anilines is 2. The van der Waals surface area contributed by atoms with Crippen molar-refractivity contribution in [3.63, 3.8) is 0 Å². The van der Waals surface area contributed by atoms with Crippen LogP contribution >= 0.6 is 11.3 Å². The van der Waals surface area contributed by atoms with E-state index in [1.54, 1.807) is 18.4 Å². The third-order valence-corrected chi connectivity index (χ3v) is 5.51. The van der Waals surface area contributed by atoms with Crippen molar-refractivity contribution in [1.82, 2.24) is 10.3 Å². The fourth-order valence-corrected chi connectivity index (χ4v) is 3.82. The molecule has 1 saturated carbocycles. The second kappa shape index (κ2) is 6.92. The molecule has 1 amide bonds. The molecule has 0 unspecified atom stereocenters. The molecule has 1 aliphatic heterocycles. The lowest BCUT2D eigenvalue weighted by Gasteiger charge is -2.36. The Bertz CT molecular complexity index is 751. The minimum Gasteiger partial charge on any atom is -0.497 e. The Morgan fingerprint density at radius 1 is 1.24 bits per heavy atom. The summed E-state index contributed by atoms with van der Waals surface area (Å²) in [6.07, 6.45) is 2.18. The lowest BCUT2D eigenvalue weighted by molar-refractivity contribution is 0.0947. The van der Waals surface area contributed by atoms with E-state index in [1.807, 2.05) is 17.5 Å². The van der Waals surface area contributed by atoms with E-state index in [4.69, 9.17) is 4.74 Å². The third kappa shape index (κ3) is 3.71. The first-order valence-electron chi connectivity index (χ1n) is 8.63. The molecule has 2 heterocycles. The van der Waals surface area contributed by atoms with E-state index in [0.29, 0.717) is 11.7 Å². The van der Waals surface area contributed by atoms with Crippen molar-refractivity contribution in [2.24, 2.45) is 0 Å². The molecular weight excluding hydrogens is 336 g/mol. The maximum absolute atomic E-state index is 12.1. The van der Waals surface area contributed by atoms with Gasteiger partial charge in [-0.1, -0.05) is 6.07 Å². The number of aromatic nitrogens is 1. The lowest BCUT2D eigenvalue weighted by atomic mass is 10.2. The first-order chi connectivity index (χ1) is 12.2. The second-order valence-corrected chi connectivity index (χ2v) is 7.28. The molecule has 25 heavy (non-hydrogen) atoms. The average Bonchev–Trinajstić information content (AvgIpc) is 3.33. The number of thiazole rings is 1. The molecule has 2 aliphatic rings. The summed E-state index contributed by atoms with van der Waals surface area (Å²) in [6.45, 7) is 3.65. The summed E-state index contributed by atoms with van der Waals surface area (Å²) in [5, 5.41) is 5.79. The van der Waals surface area contributed by atoms with Crippen molar-refractivity contribution < 1.29 is 9.53 Å². The van der Waals surface area contributed by atoms with Crippen LogP contribution in [0, 0.1) is 0 Å². The molecule has 132 valence electrons. The van der Waals surface area contributed by atoms with Crippen LogP contribution in [0.25, 0.3) is 0 Å². The lowest BCUT2D eigenvalue weighted by Crippen LogP contribution is -2.46. The number of carbonyl (C=O) groups excluding carboxylic acids is 1. The number of carbonyl (C=O) groups is 1. The van der Waals surface area contributed by atoms with Crippen LogP contribution in [0.15, 0.2) is 29.6 Å². The standard InChI is InChI=1S/C18H22N4O2S/c1-24-15-4-2-3-14(11-15)21-7-9-22(10-8-21)18-20-16(12-25-18)17(23)19-13-5-6-13/h2-4,11-13H,5-10H2,1H3,(H,19,23). The van der Waals surface area contributed by atoms with Gasteiger partial charge >= 0.3 is 0 Å². The number of piperazine rings is 1.